The van der Waals surface area contributed by atoms with Crippen LogP contribution in [0.25, 0.3) is 0 Å². The van der Waals surface area contributed by atoms with Crippen LogP contribution in [0.4, 0.5) is 0 Å². The van der Waals surface area contributed by atoms with E-state index in [1.54, 1.807) is 0 Å². The Balaban J connectivity index is 2.62. The summed E-state index contributed by atoms with van der Waals surface area (Å²) >= 11 is 0. The Labute approximate surface area is 155 Å². The Hall–Kier alpha value is -1.51. The molecule has 1 fully saturated rings. The van der Waals surface area contributed by atoms with Gasteiger partial charge in [0.1, 0.15) is 0 Å². The van der Waals surface area contributed by atoms with Crippen molar-refractivity contribution < 1.29 is 4.79 Å². The number of nitrogens with zero attached hydrogens (tertiary/aromatic N) is 2. The average Bonchev–Trinajstić information content (AvgIpc) is 2.52. The predicted molar refractivity (Wildman–Crippen MR) is 108 cm³/mol. The van der Waals surface area contributed by atoms with Gasteiger partial charge in [-0.3, -0.25) is 4.79 Å². The summed E-state index contributed by atoms with van der Waals surface area (Å²) in [5.41, 5.74) is 4.20. The number of carbonyl (C=O) groups excluding carboxylic acids is 1. The number of carbonyl (C=O) groups is 1. The third-order valence-electron chi connectivity index (χ3n) is 4.66. The maximum atomic E-state index is 12.4. The normalized spacial score (nSPS) is 16.5. The maximum absolute atomic E-state index is 12.4. The lowest BCUT2D eigenvalue weighted by molar-refractivity contribution is -0.134. The molecule has 1 heterocycles. The van der Waals surface area contributed by atoms with Gasteiger partial charge in [-0.2, -0.15) is 0 Å². The van der Waals surface area contributed by atoms with Gasteiger partial charge in [-0.1, -0.05) is 51.0 Å². The van der Waals surface area contributed by atoms with Crippen molar-refractivity contribution in [1.82, 2.24) is 9.80 Å². The van der Waals surface area contributed by atoms with Gasteiger partial charge in [0, 0.05) is 38.3 Å². The van der Waals surface area contributed by atoms with E-state index in [0.29, 0.717) is 12.3 Å². The molecule has 0 radical (unpaired) electrons. The molecule has 0 aromatic carbocycles. The van der Waals surface area contributed by atoms with Crippen LogP contribution in [0.15, 0.2) is 35.1 Å². The van der Waals surface area contributed by atoms with Gasteiger partial charge in [-0.05, 0) is 45.1 Å². The molecule has 142 valence electrons. The van der Waals surface area contributed by atoms with Gasteiger partial charge in [0.05, 0.1) is 0 Å². The lowest BCUT2D eigenvalue weighted by atomic mass is 9.91. The second-order valence-corrected chi connectivity index (χ2v) is 8.53. The van der Waals surface area contributed by atoms with E-state index in [1.165, 1.54) is 16.8 Å². The van der Waals surface area contributed by atoms with E-state index in [9.17, 15) is 4.79 Å². The minimum absolute atomic E-state index is 0.0625. The van der Waals surface area contributed by atoms with Gasteiger partial charge in [0.15, 0.2) is 0 Å². The van der Waals surface area contributed by atoms with E-state index in [-0.39, 0.29) is 5.41 Å². The van der Waals surface area contributed by atoms with Gasteiger partial charge < -0.3 is 9.80 Å². The van der Waals surface area contributed by atoms with Crippen LogP contribution in [0.5, 0.6) is 0 Å². The number of hydrogen-bond donors (Lipinski definition) is 0. The molecular weight excluding hydrogens is 308 g/mol. The first-order valence-corrected chi connectivity index (χ1v) is 9.66. The molecular formula is C22H38N2O. The van der Waals surface area contributed by atoms with Gasteiger partial charge in [-0.25, -0.2) is 0 Å². The summed E-state index contributed by atoms with van der Waals surface area (Å²) in [5.74, 6) is 0.294. The van der Waals surface area contributed by atoms with Crippen molar-refractivity contribution in [3.63, 3.8) is 0 Å². The Morgan fingerprint density at radius 1 is 1.00 bits per heavy atom. The van der Waals surface area contributed by atoms with Crippen molar-refractivity contribution in [1.29, 1.82) is 0 Å². The molecule has 3 heteroatoms. The van der Waals surface area contributed by atoms with E-state index in [4.69, 9.17) is 0 Å². The molecule has 1 rings (SSSR count). The third kappa shape index (κ3) is 7.94. The highest BCUT2D eigenvalue weighted by molar-refractivity contribution is 5.77. The fraction of sp³-hybridized carbons (Fsp3) is 0.682. The predicted octanol–water partition coefficient (Wildman–Crippen LogP) is 5.16. The van der Waals surface area contributed by atoms with Crippen molar-refractivity contribution in [2.45, 2.75) is 67.7 Å². The summed E-state index contributed by atoms with van der Waals surface area (Å²) in [7, 11) is 0. The van der Waals surface area contributed by atoms with Crippen LogP contribution in [0, 0.1) is 5.41 Å². The molecule has 0 bridgehead atoms. The minimum Gasteiger partial charge on any atom is -0.368 e. The van der Waals surface area contributed by atoms with Gasteiger partial charge in [-0.15, -0.1) is 0 Å². The molecule has 1 aliphatic heterocycles. The zero-order chi connectivity index (χ0) is 19.0. The van der Waals surface area contributed by atoms with E-state index >= 15 is 0 Å². The number of allylic oxidation sites excluding steroid dienone is 5. The first-order valence-electron chi connectivity index (χ1n) is 9.66. The van der Waals surface area contributed by atoms with Crippen molar-refractivity contribution >= 4 is 5.91 Å². The van der Waals surface area contributed by atoms with Crippen LogP contribution in [0.2, 0.25) is 0 Å². The Morgan fingerprint density at radius 2 is 1.56 bits per heavy atom. The highest BCUT2D eigenvalue weighted by atomic mass is 16.2. The molecule has 0 unspecified atom stereocenters. The van der Waals surface area contributed by atoms with Crippen LogP contribution in [0.1, 0.15) is 67.7 Å². The lowest BCUT2D eigenvalue weighted by Gasteiger charge is -2.37. The van der Waals surface area contributed by atoms with Crippen LogP contribution >= 0.6 is 0 Å². The second-order valence-electron chi connectivity index (χ2n) is 8.53. The molecule has 1 saturated heterocycles. The van der Waals surface area contributed by atoms with Crippen LogP contribution in [-0.2, 0) is 4.79 Å². The molecule has 0 aromatic heterocycles. The molecule has 25 heavy (non-hydrogen) atoms. The largest absolute Gasteiger partial charge is 0.368 e. The van der Waals surface area contributed by atoms with E-state index in [1.807, 2.05) is 4.90 Å². The van der Waals surface area contributed by atoms with Crippen LogP contribution in [-0.4, -0.2) is 41.9 Å². The Kier molecular flexibility index (Phi) is 8.47. The molecule has 0 saturated carbocycles. The highest BCUT2D eigenvalue weighted by Crippen LogP contribution is 2.21. The number of piperazine rings is 1. The molecule has 1 aliphatic rings. The molecule has 0 N–H and O–H groups in total. The molecule has 0 aliphatic carbocycles. The number of amides is 1. The fourth-order valence-electron chi connectivity index (χ4n) is 2.85. The summed E-state index contributed by atoms with van der Waals surface area (Å²) in [6.45, 7) is 18.6. The fourth-order valence-corrected chi connectivity index (χ4v) is 2.85. The summed E-state index contributed by atoms with van der Waals surface area (Å²) < 4.78 is 0. The van der Waals surface area contributed by atoms with Crippen LogP contribution < -0.4 is 0 Å². The third-order valence-corrected chi connectivity index (χ3v) is 4.66. The highest BCUT2D eigenvalue weighted by Gasteiger charge is 2.25. The van der Waals surface area contributed by atoms with E-state index < -0.39 is 0 Å². The van der Waals surface area contributed by atoms with Gasteiger partial charge >= 0.3 is 0 Å². The van der Waals surface area contributed by atoms with Crippen molar-refractivity contribution in [3.8, 4) is 0 Å². The second kappa shape index (κ2) is 9.84. The maximum Gasteiger partial charge on any atom is 0.223 e. The molecule has 0 atom stereocenters. The average molecular weight is 347 g/mol. The summed E-state index contributed by atoms with van der Waals surface area (Å²) in [6.07, 6.45) is 9.48. The summed E-state index contributed by atoms with van der Waals surface area (Å²) in [5, 5.41) is 0. The Morgan fingerprint density at radius 3 is 2.04 bits per heavy atom. The quantitative estimate of drug-likeness (QED) is 0.490. The SMILES string of the molecule is CCC=C(C=CCC(C)=C(C)C)N1CCN(C(=O)CC(C)(C)C)CC1. The molecule has 3 nitrogen and oxygen atoms in total. The van der Waals surface area contributed by atoms with Gasteiger partial charge in [0.2, 0.25) is 5.91 Å². The van der Waals surface area contributed by atoms with Crippen molar-refractivity contribution in [2.75, 3.05) is 26.2 Å². The first-order chi connectivity index (χ1) is 11.6. The Bertz CT molecular complexity index is 523. The van der Waals surface area contributed by atoms with E-state index in [2.05, 4.69) is 71.6 Å². The smallest absolute Gasteiger partial charge is 0.223 e. The molecule has 0 aromatic rings. The summed E-state index contributed by atoms with van der Waals surface area (Å²) in [4.78, 5) is 16.8. The minimum atomic E-state index is 0.0625. The lowest BCUT2D eigenvalue weighted by Crippen LogP contribution is -2.48. The van der Waals surface area contributed by atoms with Crippen molar-refractivity contribution in [3.05, 3.63) is 35.1 Å². The monoisotopic (exact) mass is 346 g/mol. The zero-order valence-electron chi connectivity index (χ0n) is 17.5. The number of hydrogen-bond acceptors (Lipinski definition) is 2. The molecule has 0 spiro atoms. The van der Waals surface area contributed by atoms with Crippen molar-refractivity contribution in [2.24, 2.45) is 5.41 Å². The summed E-state index contributed by atoms with van der Waals surface area (Å²) in [6, 6.07) is 0. The van der Waals surface area contributed by atoms with E-state index in [0.717, 1.165) is 39.0 Å². The van der Waals surface area contributed by atoms with Crippen LogP contribution in [0.3, 0.4) is 0 Å². The molecule has 1 amide bonds. The standard InChI is InChI=1S/C22H38N2O/c1-8-10-20(12-9-11-19(4)18(2)3)23-13-15-24(16-14-23)21(25)17-22(5,6)7/h9-10,12H,8,11,13-17H2,1-7H3. The first kappa shape index (κ1) is 21.5. The zero-order valence-corrected chi connectivity index (χ0v) is 17.5. The topological polar surface area (TPSA) is 23.6 Å². The number of rotatable bonds is 6. The van der Waals surface area contributed by atoms with Gasteiger partial charge in [0.25, 0.3) is 0 Å².